The predicted octanol–water partition coefficient (Wildman–Crippen LogP) is 3.70. The van der Waals surface area contributed by atoms with Gasteiger partial charge in [-0.05, 0) is 17.7 Å². The number of carbonyl (C=O) groups excluding carboxylic acids is 1. The summed E-state index contributed by atoms with van der Waals surface area (Å²) < 4.78 is 26.6. The summed E-state index contributed by atoms with van der Waals surface area (Å²) >= 11 is 1.23. The molecule has 1 unspecified atom stereocenters. The molecule has 32 heavy (non-hydrogen) atoms. The van der Waals surface area contributed by atoms with E-state index in [1.54, 1.807) is 41.9 Å². The van der Waals surface area contributed by atoms with Crippen LogP contribution in [0.5, 0.6) is 11.5 Å². The number of hydrogen-bond donors (Lipinski definition) is 1. The molecule has 7 nitrogen and oxygen atoms in total. The van der Waals surface area contributed by atoms with E-state index in [0.717, 1.165) is 0 Å². The molecule has 0 radical (unpaired) electrons. The molecule has 2 aromatic carbocycles. The molecule has 0 fully saturated rings. The number of amides is 1. The highest BCUT2D eigenvalue weighted by Gasteiger charge is 2.34. The maximum atomic E-state index is 14.0. The van der Waals surface area contributed by atoms with Gasteiger partial charge in [0.05, 0.1) is 19.8 Å². The Hall–Kier alpha value is -3.33. The molecule has 166 valence electrons. The number of nitrogens with one attached hydrogen (secondary N) is 1. The van der Waals surface area contributed by atoms with Crippen LogP contribution in [-0.2, 0) is 17.6 Å². The normalized spacial score (nSPS) is 15.1. The van der Waals surface area contributed by atoms with Gasteiger partial charge in [0.2, 0.25) is 5.91 Å². The highest BCUT2D eigenvalue weighted by atomic mass is 32.2. The number of aromatic nitrogens is 2. The zero-order valence-corrected chi connectivity index (χ0v) is 18.7. The lowest BCUT2D eigenvalue weighted by molar-refractivity contribution is -0.116. The van der Waals surface area contributed by atoms with Gasteiger partial charge < -0.3 is 19.4 Å². The number of benzene rings is 2. The van der Waals surface area contributed by atoms with Crippen LogP contribution in [0.3, 0.4) is 0 Å². The minimum absolute atomic E-state index is 0.0785. The predicted molar refractivity (Wildman–Crippen MR) is 120 cm³/mol. The van der Waals surface area contributed by atoms with Gasteiger partial charge in [-0.25, -0.2) is 4.39 Å². The summed E-state index contributed by atoms with van der Waals surface area (Å²) in [6.45, 7) is 0. The minimum atomic E-state index is -0.541. The summed E-state index contributed by atoms with van der Waals surface area (Å²) in [7, 11) is 4.77. The molecule has 0 saturated heterocycles. The van der Waals surface area contributed by atoms with Gasteiger partial charge >= 0.3 is 0 Å². The fourth-order valence-electron chi connectivity index (χ4n) is 3.87. The highest BCUT2D eigenvalue weighted by molar-refractivity contribution is 7.98. The van der Waals surface area contributed by atoms with Crippen molar-refractivity contribution < 1.29 is 18.7 Å². The Bertz CT molecular complexity index is 1240. The molecule has 3 aromatic rings. The second-order valence-corrected chi connectivity index (χ2v) is 8.23. The summed E-state index contributed by atoms with van der Waals surface area (Å²) in [5.41, 5.74) is 1.12. The molecule has 0 aliphatic carbocycles. The summed E-state index contributed by atoms with van der Waals surface area (Å²) in [6.07, 6.45) is 0.0785. The molecule has 1 atom stereocenters. The largest absolute Gasteiger partial charge is 0.493 e. The van der Waals surface area contributed by atoms with Crippen molar-refractivity contribution in [1.29, 1.82) is 0 Å². The van der Waals surface area contributed by atoms with Crippen LogP contribution in [0.15, 0.2) is 52.4 Å². The number of halogens is 1. The fraction of sp³-hybridized carbons (Fsp3) is 0.261. The number of nitrogens with zero attached hydrogens (tertiary/aromatic N) is 2. The van der Waals surface area contributed by atoms with Crippen molar-refractivity contribution in [3.8, 4) is 11.5 Å². The van der Waals surface area contributed by atoms with Crippen molar-refractivity contribution >= 4 is 23.5 Å². The van der Waals surface area contributed by atoms with E-state index in [2.05, 4.69) is 10.3 Å². The number of carbonyl (C=O) groups is 1. The fourth-order valence-corrected chi connectivity index (χ4v) is 4.83. The molecule has 1 aromatic heterocycles. The topological polar surface area (TPSA) is 82.5 Å². The lowest BCUT2D eigenvalue weighted by Gasteiger charge is -2.28. The molecule has 1 N–H and O–H groups in total. The number of hydrogen-bond acceptors (Lipinski definition) is 6. The van der Waals surface area contributed by atoms with Gasteiger partial charge in [-0.2, -0.15) is 4.98 Å². The van der Waals surface area contributed by atoms with E-state index < -0.39 is 11.5 Å². The van der Waals surface area contributed by atoms with E-state index in [-0.39, 0.29) is 18.1 Å². The third-order valence-electron chi connectivity index (χ3n) is 5.42. The first-order chi connectivity index (χ1) is 15.4. The number of anilines is 1. The van der Waals surface area contributed by atoms with Crippen molar-refractivity contribution in [3.63, 3.8) is 0 Å². The Morgan fingerprint density at radius 3 is 2.66 bits per heavy atom. The van der Waals surface area contributed by atoms with Crippen molar-refractivity contribution in [2.24, 2.45) is 7.05 Å². The van der Waals surface area contributed by atoms with Gasteiger partial charge in [-0.15, -0.1) is 0 Å². The average molecular weight is 456 g/mol. The Morgan fingerprint density at radius 2 is 1.94 bits per heavy atom. The third-order valence-corrected chi connectivity index (χ3v) is 6.50. The molecule has 0 spiro atoms. The Kier molecular flexibility index (Phi) is 6.18. The lowest BCUT2D eigenvalue weighted by atomic mass is 9.86. The third kappa shape index (κ3) is 3.95. The monoisotopic (exact) mass is 455 g/mol. The van der Waals surface area contributed by atoms with E-state index >= 15 is 0 Å². The van der Waals surface area contributed by atoms with Gasteiger partial charge in [-0.3, -0.25) is 9.59 Å². The van der Waals surface area contributed by atoms with Gasteiger partial charge in [0.1, 0.15) is 11.6 Å². The lowest BCUT2D eigenvalue weighted by Crippen LogP contribution is -2.33. The van der Waals surface area contributed by atoms with E-state index in [0.29, 0.717) is 44.9 Å². The molecule has 1 amide bonds. The number of ether oxygens (including phenoxy) is 2. The summed E-state index contributed by atoms with van der Waals surface area (Å²) in [4.78, 5) is 30.0. The van der Waals surface area contributed by atoms with Crippen LogP contribution in [0, 0.1) is 5.82 Å². The molecular weight excluding hydrogens is 433 g/mol. The highest BCUT2D eigenvalue weighted by Crippen LogP contribution is 2.43. The van der Waals surface area contributed by atoms with Crippen LogP contribution < -0.4 is 20.3 Å². The van der Waals surface area contributed by atoms with Crippen molar-refractivity contribution in [1.82, 2.24) is 9.55 Å². The second-order valence-electron chi connectivity index (χ2n) is 7.29. The van der Waals surface area contributed by atoms with Crippen LogP contribution in [0.2, 0.25) is 0 Å². The van der Waals surface area contributed by atoms with Crippen molar-refractivity contribution in [2.75, 3.05) is 19.5 Å². The van der Waals surface area contributed by atoms with Gasteiger partial charge in [0, 0.05) is 30.7 Å². The summed E-state index contributed by atoms with van der Waals surface area (Å²) in [5.74, 6) is 0.584. The summed E-state index contributed by atoms with van der Waals surface area (Å²) in [6, 6.07) is 11.8. The van der Waals surface area contributed by atoms with Crippen LogP contribution in [0.1, 0.15) is 29.0 Å². The molecule has 0 saturated carbocycles. The number of para-hydroxylation sites is 1. The van der Waals surface area contributed by atoms with Crippen LogP contribution in [0.25, 0.3) is 0 Å². The molecule has 1 aliphatic heterocycles. The van der Waals surface area contributed by atoms with Gasteiger partial charge in [-0.1, -0.05) is 42.1 Å². The van der Waals surface area contributed by atoms with Crippen molar-refractivity contribution in [2.45, 2.75) is 23.2 Å². The first kappa shape index (κ1) is 21.9. The Morgan fingerprint density at radius 1 is 1.16 bits per heavy atom. The molecule has 0 bridgehead atoms. The van der Waals surface area contributed by atoms with E-state index in [1.807, 2.05) is 6.07 Å². The van der Waals surface area contributed by atoms with Gasteiger partial charge in [0.25, 0.3) is 5.56 Å². The number of thioether (sulfide) groups is 1. The van der Waals surface area contributed by atoms with Crippen molar-refractivity contribution in [3.05, 3.63) is 75.3 Å². The zero-order valence-electron chi connectivity index (χ0n) is 17.8. The smallest absolute Gasteiger partial charge is 0.279 e. The van der Waals surface area contributed by atoms with Crippen LogP contribution in [0.4, 0.5) is 10.2 Å². The molecular formula is C23H22FN3O4S. The Balaban J connectivity index is 1.77. The summed E-state index contributed by atoms with van der Waals surface area (Å²) in [5, 5.41) is 3.19. The molecule has 2 heterocycles. The van der Waals surface area contributed by atoms with E-state index in [1.165, 1.54) is 32.0 Å². The van der Waals surface area contributed by atoms with E-state index in [4.69, 9.17) is 9.47 Å². The van der Waals surface area contributed by atoms with E-state index in [9.17, 15) is 14.0 Å². The quantitative estimate of drug-likeness (QED) is 0.451. The van der Waals surface area contributed by atoms with Crippen LogP contribution >= 0.6 is 11.8 Å². The number of rotatable bonds is 6. The molecule has 4 rings (SSSR count). The van der Waals surface area contributed by atoms with Crippen LogP contribution in [-0.4, -0.2) is 29.7 Å². The maximum absolute atomic E-state index is 14.0. The maximum Gasteiger partial charge on any atom is 0.279 e. The standard InChI is InChI=1S/C23H22FN3O4S/c1-27-21-19(22(29)26-23(27)32-12-13-7-4-5-9-16(13)24)15(11-18(28)25-21)14-8-6-10-17(30-2)20(14)31-3/h4-10,15H,11-12H2,1-3H3,(H,25,28). The Labute approximate surface area is 188 Å². The number of fused-ring (bicyclic) bond motifs is 1. The average Bonchev–Trinajstić information content (AvgIpc) is 2.80. The second kappa shape index (κ2) is 9.04. The van der Waals surface area contributed by atoms with Gasteiger partial charge in [0.15, 0.2) is 16.7 Å². The molecule has 9 heteroatoms. The zero-order chi connectivity index (χ0) is 22.8. The molecule has 1 aliphatic rings. The number of methoxy groups -OCH3 is 2. The minimum Gasteiger partial charge on any atom is -0.493 e. The SMILES string of the molecule is COc1cccc(C2CC(=O)Nc3c2c(=O)nc(SCc2ccccc2F)n3C)c1OC. The first-order valence-electron chi connectivity index (χ1n) is 9.92. The first-order valence-corrected chi connectivity index (χ1v) is 10.9.